The third-order valence-corrected chi connectivity index (χ3v) is 2.25. The van der Waals surface area contributed by atoms with Crippen LogP contribution in [-0.4, -0.2) is 53.6 Å². The van der Waals surface area contributed by atoms with Crippen LogP contribution >= 0.6 is 15.9 Å². The van der Waals surface area contributed by atoms with Crippen molar-refractivity contribution in [1.82, 2.24) is 9.80 Å². The first-order valence-corrected chi connectivity index (χ1v) is 5.44. The highest BCUT2D eigenvalue weighted by atomic mass is 79.9. The third kappa shape index (κ3) is 4.09. The number of rotatable bonds is 4. The quantitative estimate of drug-likeness (QED) is 0.702. The van der Waals surface area contributed by atoms with Crippen molar-refractivity contribution in [3.05, 3.63) is 0 Å². The number of likely N-dealkylation sites (N-methyl/N-ethyl adjacent to an activating group) is 2. The molecule has 0 N–H and O–H groups in total. The monoisotopic (exact) mass is 264 g/mol. The van der Waals surface area contributed by atoms with Gasteiger partial charge in [0.05, 0.1) is 11.4 Å². The molecule has 5 heteroatoms. The second kappa shape index (κ2) is 6.01. The van der Waals surface area contributed by atoms with E-state index in [9.17, 15) is 9.59 Å². The fourth-order valence-corrected chi connectivity index (χ4v) is 1.19. The Labute approximate surface area is 93.4 Å². The number of amides is 2. The largest absolute Gasteiger partial charge is 0.347 e. The average molecular weight is 265 g/mol. The molecule has 0 aromatic heterocycles. The van der Waals surface area contributed by atoms with Crippen molar-refractivity contribution in [2.45, 2.75) is 18.7 Å². The van der Waals surface area contributed by atoms with Crippen LogP contribution in [0.25, 0.3) is 0 Å². The lowest BCUT2D eigenvalue weighted by Gasteiger charge is -2.23. The zero-order valence-electron chi connectivity index (χ0n) is 9.08. The summed E-state index contributed by atoms with van der Waals surface area (Å²) in [7, 11) is 3.36. The molecule has 0 aromatic carbocycles. The van der Waals surface area contributed by atoms with E-state index in [0.29, 0.717) is 6.54 Å². The maximum atomic E-state index is 11.5. The van der Waals surface area contributed by atoms with E-state index < -0.39 is 0 Å². The van der Waals surface area contributed by atoms with Gasteiger partial charge in [-0.25, -0.2) is 0 Å². The van der Waals surface area contributed by atoms with Gasteiger partial charge in [-0.3, -0.25) is 9.59 Å². The van der Waals surface area contributed by atoms with E-state index in [-0.39, 0.29) is 23.2 Å². The number of nitrogens with zero attached hydrogens (tertiary/aromatic N) is 2. The minimum Gasteiger partial charge on any atom is -0.347 e. The second-order valence-electron chi connectivity index (χ2n) is 3.26. The molecule has 4 nitrogen and oxygen atoms in total. The first-order valence-electron chi connectivity index (χ1n) is 4.53. The molecule has 0 saturated carbocycles. The molecule has 1 atom stereocenters. The van der Waals surface area contributed by atoms with Crippen LogP contribution in [0, 0.1) is 0 Å². The smallest absolute Gasteiger partial charge is 0.241 e. The molecule has 0 rings (SSSR count). The standard InChI is InChI=1S/C9H17BrN2O2/c1-5-12(9(14)7(2)10)6-8(13)11(3)4/h7H,5-6H2,1-4H3. The highest BCUT2D eigenvalue weighted by Gasteiger charge is 2.19. The lowest BCUT2D eigenvalue weighted by Crippen LogP contribution is -2.42. The summed E-state index contributed by atoms with van der Waals surface area (Å²) in [5.74, 6) is -0.115. The number of carbonyl (C=O) groups excluding carboxylic acids is 2. The zero-order chi connectivity index (χ0) is 11.3. The number of carbonyl (C=O) groups is 2. The van der Waals surface area contributed by atoms with E-state index in [0.717, 1.165) is 0 Å². The van der Waals surface area contributed by atoms with Gasteiger partial charge >= 0.3 is 0 Å². The Morgan fingerprint density at radius 2 is 1.86 bits per heavy atom. The summed E-state index contributed by atoms with van der Waals surface area (Å²) in [5.41, 5.74) is 0. The van der Waals surface area contributed by atoms with E-state index >= 15 is 0 Å². The van der Waals surface area contributed by atoms with E-state index in [1.807, 2.05) is 6.92 Å². The molecule has 1 unspecified atom stereocenters. The van der Waals surface area contributed by atoms with Gasteiger partial charge in [-0.15, -0.1) is 0 Å². The Balaban J connectivity index is 4.30. The summed E-state index contributed by atoms with van der Waals surface area (Å²) in [5, 5.41) is 0. The Hall–Kier alpha value is -0.580. The molecule has 2 amide bonds. The van der Waals surface area contributed by atoms with Crippen LogP contribution < -0.4 is 0 Å². The zero-order valence-corrected chi connectivity index (χ0v) is 10.7. The van der Waals surface area contributed by atoms with Crippen LogP contribution in [0.4, 0.5) is 0 Å². The first kappa shape index (κ1) is 13.4. The Bertz CT molecular complexity index is 217. The van der Waals surface area contributed by atoms with Gasteiger partial charge in [0.25, 0.3) is 0 Å². The highest BCUT2D eigenvalue weighted by Crippen LogP contribution is 2.04. The van der Waals surface area contributed by atoms with Crippen LogP contribution in [0.2, 0.25) is 0 Å². The van der Waals surface area contributed by atoms with E-state index in [2.05, 4.69) is 15.9 Å². The highest BCUT2D eigenvalue weighted by molar-refractivity contribution is 9.10. The summed E-state index contributed by atoms with van der Waals surface area (Å²) in [6.45, 7) is 4.31. The molecule has 0 fully saturated rings. The van der Waals surface area contributed by atoms with Gasteiger partial charge in [0.1, 0.15) is 0 Å². The van der Waals surface area contributed by atoms with Crippen LogP contribution in [-0.2, 0) is 9.59 Å². The minimum absolute atomic E-state index is 0.0531. The maximum Gasteiger partial charge on any atom is 0.241 e. The lowest BCUT2D eigenvalue weighted by atomic mass is 10.3. The van der Waals surface area contributed by atoms with Crippen molar-refractivity contribution < 1.29 is 9.59 Å². The van der Waals surface area contributed by atoms with Crippen molar-refractivity contribution in [3.63, 3.8) is 0 Å². The molecule has 0 aromatic rings. The molecule has 0 saturated heterocycles. The summed E-state index contributed by atoms with van der Waals surface area (Å²) in [4.78, 5) is 25.7. The molecule has 0 bridgehead atoms. The molecule has 0 aliphatic rings. The molecule has 14 heavy (non-hydrogen) atoms. The number of hydrogen-bond acceptors (Lipinski definition) is 2. The van der Waals surface area contributed by atoms with Crippen molar-refractivity contribution in [2.75, 3.05) is 27.2 Å². The van der Waals surface area contributed by atoms with Gasteiger partial charge in [0.15, 0.2) is 0 Å². The minimum atomic E-state index is -0.239. The van der Waals surface area contributed by atoms with Gasteiger partial charge in [0.2, 0.25) is 11.8 Å². The van der Waals surface area contributed by atoms with Crippen LogP contribution in [0.1, 0.15) is 13.8 Å². The fraction of sp³-hybridized carbons (Fsp3) is 0.778. The van der Waals surface area contributed by atoms with Gasteiger partial charge < -0.3 is 9.80 Å². The topological polar surface area (TPSA) is 40.6 Å². The molecular formula is C9H17BrN2O2. The van der Waals surface area contributed by atoms with Crippen molar-refractivity contribution in [3.8, 4) is 0 Å². The Morgan fingerprint density at radius 1 is 1.36 bits per heavy atom. The van der Waals surface area contributed by atoms with Crippen LogP contribution in [0.3, 0.4) is 0 Å². The maximum absolute atomic E-state index is 11.5. The number of halogens is 1. The normalized spacial score (nSPS) is 12.1. The number of alkyl halides is 1. The van der Waals surface area contributed by atoms with E-state index in [1.54, 1.807) is 21.0 Å². The van der Waals surface area contributed by atoms with Gasteiger partial charge in [0, 0.05) is 20.6 Å². The first-order chi connectivity index (χ1) is 6.40. The summed E-state index contributed by atoms with van der Waals surface area (Å²) < 4.78 is 0. The summed E-state index contributed by atoms with van der Waals surface area (Å²) in [6, 6.07) is 0. The van der Waals surface area contributed by atoms with E-state index in [4.69, 9.17) is 0 Å². The fourth-order valence-electron chi connectivity index (χ4n) is 0.902. The SMILES string of the molecule is CCN(CC(=O)N(C)C)C(=O)C(C)Br. The molecule has 0 aliphatic carbocycles. The van der Waals surface area contributed by atoms with Gasteiger partial charge in [-0.2, -0.15) is 0 Å². The van der Waals surface area contributed by atoms with Crippen molar-refractivity contribution in [2.24, 2.45) is 0 Å². The predicted octanol–water partition coefficient (Wildman–Crippen LogP) is 0.707. The molecule has 0 spiro atoms. The number of hydrogen-bond donors (Lipinski definition) is 0. The van der Waals surface area contributed by atoms with Crippen molar-refractivity contribution in [1.29, 1.82) is 0 Å². The van der Waals surface area contributed by atoms with Gasteiger partial charge in [-0.1, -0.05) is 15.9 Å². The second-order valence-corrected chi connectivity index (χ2v) is 4.63. The average Bonchev–Trinajstić information content (AvgIpc) is 2.12. The molecule has 0 aliphatic heterocycles. The Morgan fingerprint density at radius 3 is 2.14 bits per heavy atom. The lowest BCUT2D eigenvalue weighted by molar-refractivity contribution is -0.138. The van der Waals surface area contributed by atoms with Crippen molar-refractivity contribution >= 4 is 27.7 Å². The molecule has 82 valence electrons. The third-order valence-electron chi connectivity index (χ3n) is 1.86. The predicted molar refractivity (Wildman–Crippen MR) is 59.3 cm³/mol. The summed E-state index contributed by atoms with van der Waals surface area (Å²) >= 11 is 3.19. The van der Waals surface area contributed by atoms with Crippen LogP contribution in [0.15, 0.2) is 0 Å². The molecule has 0 heterocycles. The molecular weight excluding hydrogens is 248 g/mol. The summed E-state index contributed by atoms with van der Waals surface area (Å²) in [6.07, 6.45) is 0. The van der Waals surface area contributed by atoms with Gasteiger partial charge in [-0.05, 0) is 13.8 Å². The van der Waals surface area contributed by atoms with E-state index in [1.165, 1.54) is 9.80 Å². The van der Waals surface area contributed by atoms with Crippen LogP contribution in [0.5, 0.6) is 0 Å². The molecule has 0 radical (unpaired) electrons. The Kier molecular flexibility index (Phi) is 5.76.